The molecule has 1 saturated heterocycles. The van der Waals surface area contributed by atoms with Crippen LogP contribution in [0.2, 0.25) is 0 Å². The molecule has 0 aromatic heterocycles. The highest BCUT2D eigenvalue weighted by atomic mass is 16.6. The van der Waals surface area contributed by atoms with Crippen LogP contribution in [0.25, 0.3) is 0 Å². The van der Waals surface area contributed by atoms with Crippen molar-refractivity contribution < 1.29 is 30.3 Å². The van der Waals surface area contributed by atoms with Gasteiger partial charge in [-0.15, -0.1) is 0 Å². The molecule has 0 saturated carbocycles. The summed E-state index contributed by atoms with van der Waals surface area (Å²) in [6.45, 7) is 0.747. The van der Waals surface area contributed by atoms with Gasteiger partial charge in [0.15, 0.2) is 6.10 Å². The van der Waals surface area contributed by atoms with Crippen LogP contribution in [-0.2, 0) is 4.74 Å². The van der Waals surface area contributed by atoms with Gasteiger partial charge in [-0.05, 0) is 6.92 Å². The summed E-state index contributed by atoms with van der Waals surface area (Å²) in [6.07, 6.45) is -3.13. The molecular weight excluding hydrogens is 168 g/mol. The lowest BCUT2D eigenvalue weighted by Crippen LogP contribution is -2.68. The molecule has 0 amide bonds. The Bertz CT molecular complexity index is 177. The second-order valence-electron chi connectivity index (χ2n) is 3.02. The highest BCUT2D eigenvalue weighted by Crippen LogP contribution is 2.28. The highest BCUT2D eigenvalue weighted by molar-refractivity contribution is 4.94. The van der Waals surface area contributed by atoms with Crippen LogP contribution in [-0.4, -0.2) is 55.9 Å². The van der Waals surface area contributed by atoms with Crippen molar-refractivity contribution in [2.45, 2.75) is 30.7 Å². The van der Waals surface area contributed by atoms with Crippen LogP contribution in [0.5, 0.6) is 0 Å². The first-order chi connectivity index (χ1) is 5.28. The Hall–Kier alpha value is -0.240. The topological polar surface area (TPSA) is 110 Å². The van der Waals surface area contributed by atoms with E-state index in [-0.39, 0.29) is 0 Å². The Kier molecular flexibility index (Phi) is 2.15. The van der Waals surface area contributed by atoms with Crippen molar-refractivity contribution >= 4 is 0 Å². The summed E-state index contributed by atoms with van der Waals surface area (Å²) in [7, 11) is 0. The van der Waals surface area contributed by atoms with Crippen molar-refractivity contribution in [3.63, 3.8) is 0 Å². The number of ether oxygens (including phenoxy) is 1. The minimum absolute atomic E-state index is 0.557. The summed E-state index contributed by atoms with van der Waals surface area (Å²) < 4.78 is 4.62. The molecule has 1 rings (SSSR count). The first-order valence-electron chi connectivity index (χ1n) is 3.47. The van der Waals surface area contributed by atoms with Crippen LogP contribution >= 0.6 is 0 Å². The van der Waals surface area contributed by atoms with Gasteiger partial charge >= 0.3 is 0 Å². The Labute approximate surface area is 68.6 Å². The third-order valence-electron chi connectivity index (χ3n) is 1.98. The standard InChI is InChI=1S/C6H12O6/c1-3-6(10,11)4(7)5(8,9)2-12-3/h3-4,7-11H,2H2,1H3. The molecule has 0 bridgehead atoms. The summed E-state index contributed by atoms with van der Waals surface area (Å²) in [5.41, 5.74) is 0. The van der Waals surface area contributed by atoms with Crippen molar-refractivity contribution in [3.8, 4) is 0 Å². The van der Waals surface area contributed by atoms with Gasteiger partial charge in [-0.25, -0.2) is 0 Å². The van der Waals surface area contributed by atoms with Crippen LogP contribution in [0.1, 0.15) is 6.92 Å². The Morgan fingerprint density at radius 2 is 1.75 bits per heavy atom. The summed E-state index contributed by atoms with van der Waals surface area (Å²) >= 11 is 0. The van der Waals surface area contributed by atoms with Crippen LogP contribution in [0.3, 0.4) is 0 Å². The maximum absolute atomic E-state index is 9.11. The fraction of sp³-hybridized carbons (Fsp3) is 1.00. The zero-order chi connectivity index (χ0) is 9.57. The van der Waals surface area contributed by atoms with E-state index in [1.165, 1.54) is 6.92 Å². The van der Waals surface area contributed by atoms with Gasteiger partial charge in [-0.2, -0.15) is 0 Å². The Morgan fingerprint density at radius 1 is 1.25 bits per heavy atom. The monoisotopic (exact) mass is 180 g/mol. The molecule has 72 valence electrons. The summed E-state index contributed by atoms with van der Waals surface area (Å²) in [5.74, 6) is -5.25. The number of rotatable bonds is 0. The lowest BCUT2D eigenvalue weighted by Gasteiger charge is -2.43. The Morgan fingerprint density at radius 3 is 2.17 bits per heavy atom. The molecule has 1 aliphatic rings. The molecule has 0 spiro atoms. The van der Waals surface area contributed by atoms with E-state index >= 15 is 0 Å². The largest absolute Gasteiger partial charge is 0.382 e. The summed E-state index contributed by atoms with van der Waals surface area (Å²) in [4.78, 5) is 0. The number of aliphatic hydroxyl groups is 5. The molecule has 0 radical (unpaired) electrons. The number of hydrogen-bond donors (Lipinski definition) is 5. The van der Waals surface area contributed by atoms with E-state index in [1.54, 1.807) is 0 Å². The average molecular weight is 180 g/mol. The zero-order valence-corrected chi connectivity index (χ0v) is 6.51. The average Bonchev–Trinajstić information content (AvgIpc) is 1.96. The van der Waals surface area contributed by atoms with Crippen LogP contribution < -0.4 is 0 Å². The van der Waals surface area contributed by atoms with E-state index in [1.807, 2.05) is 0 Å². The SMILES string of the molecule is CC1OCC(O)(O)C(O)C1(O)O. The maximum Gasteiger partial charge on any atom is 0.221 e. The van der Waals surface area contributed by atoms with Gasteiger partial charge in [0, 0.05) is 0 Å². The van der Waals surface area contributed by atoms with Gasteiger partial charge in [0.1, 0.15) is 12.7 Å². The minimum Gasteiger partial charge on any atom is -0.382 e. The highest BCUT2D eigenvalue weighted by Gasteiger charge is 2.55. The first kappa shape index (κ1) is 9.85. The van der Waals surface area contributed by atoms with Crippen LogP contribution in [0, 0.1) is 0 Å². The fourth-order valence-electron chi connectivity index (χ4n) is 1.01. The molecule has 0 aromatic carbocycles. The van der Waals surface area contributed by atoms with E-state index in [9.17, 15) is 0 Å². The maximum atomic E-state index is 9.11. The van der Waals surface area contributed by atoms with E-state index < -0.39 is 30.4 Å². The van der Waals surface area contributed by atoms with Crippen molar-refractivity contribution in [1.82, 2.24) is 0 Å². The van der Waals surface area contributed by atoms with Crippen molar-refractivity contribution in [2.24, 2.45) is 0 Å². The molecule has 6 nitrogen and oxygen atoms in total. The predicted molar refractivity (Wildman–Crippen MR) is 35.8 cm³/mol. The third-order valence-corrected chi connectivity index (χ3v) is 1.98. The normalized spacial score (nSPS) is 39.5. The molecular formula is C6H12O6. The van der Waals surface area contributed by atoms with Gasteiger partial charge in [0.25, 0.3) is 0 Å². The van der Waals surface area contributed by atoms with E-state index in [0.717, 1.165) is 0 Å². The molecule has 6 heteroatoms. The quantitative estimate of drug-likeness (QED) is 0.256. The molecule has 0 aromatic rings. The first-order valence-corrected chi connectivity index (χ1v) is 3.47. The molecule has 12 heavy (non-hydrogen) atoms. The minimum atomic E-state index is -2.64. The zero-order valence-electron chi connectivity index (χ0n) is 6.51. The molecule has 0 aliphatic carbocycles. The smallest absolute Gasteiger partial charge is 0.221 e. The fourth-order valence-corrected chi connectivity index (χ4v) is 1.01. The molecule has 2 atom stereocenters. The van der Waals surface area contributed by atoms with E-state index in [4.69, 9.17) is 25.5 Å². The molecule has 1 fully saturated rings. The molecule has 1 aliphatic heterocycles. The second kappa shape index (κ2) is 2.63. The van der Waals surface area contributed by atoms with E-state index in [2.05, 4.69) is 4.74 Å². The van der Waals surface area contributed by atoms with Gasteiger partial charge < -0.3 is 30.3 Å². The third kappa shape index (κ3) is 1.33. The number of aliphatic hydroxyl groups excluding tert-OH is 1. The van der Waals surface area contributed by atoms with Crippen LogP contribution in [0.4, 0.5) is 0 Å². The van der Waals surface area contributed by atoms with E-state index in [0.29, 0.717) is 0 Å². The second-order valence-corrected chi connectivity index (χ2v) is 3.02. The Balaban J connectivity index is 2.86. The lowest BCUT2D eigenvalue weighted by atomic mass is 9.94. The predicted octanol–water partition coefficient (Wildman–Crippen LogP) is -2.87. The molecule has 2 unspecified atom stereocenters. The molecule has 1 heterocycles. The van der Waals surface area contributed by atoms with Crippen molar-refractivity contribution in [1.29, 1.82) is 0 Å². The molecule has 5 N–H and O–H groups in total. The van der Waals surface area contributed by atoms with Crippen LogP contribution in [0.15, 0.2) is 0 Å². The lowest BCUT2D eigenvalue weighted by molar-refractivity contribution is -0.396. The van der Waals surface area contributed by atoms with Gasteiger partial charge in [-0.1, -0.05) is 0 Å². The van der Waals surface area contributed by atoms with Gasteiger partial charge in [-0.3, -0.25) is 0 Å². The van der Waals surface area contributed by atoms with Crippen molar-refractivity contribution in [2.75, 3.05) is 6.61 Å². The summed E-state index contributed by atoms with van der Waals surface area (Å²) in [6, 6.07) is 0. The number of hydrogen-bond acceptors (Lipinski definition) is 6. The van der Waals surface area contributed by atoms with Crippen molar-refractivity contribution in [3.05, 3.63) is 0 Å². The van der Waals surface area contributed by atoms with Gasteiger partial charge in [0.05, 0.1) is 0 Å². The summed E-state index contributed by atoms with van der Waals surface area (Å²) in [5, 5.41) is 45.2. The van der Waals surface area contributed by atoms with Gasteiger partial charge in [0.2, 0.25) is 11.6 Å².